The maximum atomic E-state index is 13.4. The highest BCUT2D eigenvalue weighted by atomic mass is 16.4. The van der Waals surface area contributed by atoms with Crippen LogP contribution in [-0.2, 0) is 43.2 Å². The summed E-state index contributed by atoms with van der Waals surface area (Å²) in [6.07, 6.45) is 5.16. The monoisotopic (exact) mass is 553 g/mol. The third kappa shape index (κ3) is 9.05. The van der Waals surface area contributed by atoms with Crippen LogP contribution in [0.1, 0.15) is 23.4 Å². The molecule has 4 amide bonds. The smallest absolute Gasteiger partial charge is 0.326 e. The molecule has 0 fully saturated rings. The zero-order chi connectivity index (χ0) is 29.1. The Morgan fingerprint density at radius 1 is 0.775 bits per heavy atom. The van der Waals surface area contributed by atoms with Crippen molar-refractivity contribution in [3.05, 3.63) is 72.3 Å². The molecule has 0 aliphatic carbocycles. The van der Waals surface area contributed by atoms with E-state index < -0.39 is 60.2 Å². The number of hydrogen-bond donors (Lipinski definition) is 8. The van der Waals surface area contributed by atoms with Crippen LogP contribution in [0.4, 0.5) is 0 Å². The van der Waals surface area contributed by atoms with Gasteiger partial charge in [0.05, 0.1) is 25.1 Å². The minimum atomic E-state index is -1.30. The summed E-state index contributed by atoms with van der Waals surface area (Å²) in [7, 11) is 0. The Morgan fingerprint density at radius 2 is 1.27 bits per heavy atom. The topological polar surface area (TPSA) is 251 Å². The van der Waals surface area contributed by atoms with Gasteiger partial charge in [-0.15, -0.1) is 0 Å². The molecule has 3 aromatic rings. The number of imidazole rings is 2. The first-order valence-electron chi connectivity index (χ1n) is 12.3. The molecule has 3 rings (SSSR count). The van der Waals surface area contributed by atoms with Crippen LogP contribution in [0.15, 0.2) is 55.4 Å². The summed E-state index contributed by atoms with van der Waals surface area (Å²) in [4.78, 5) is 75.9. The van der Waals surface area contributed by atoms with Gasteiger partial charge in [-0.25, -0.2) is 14.8 Å². The molecule has 15 heteroatoms. The molecule has 0 radical (unpaired) electrons. The van der Waals surface area contributed by atoms with E-state index in [4.69, 9.17) is 11.5 Å². The Bertz CT molecular complexity index is 1280. The van der Waals surface area contributed by atoms with Gasteiger partial charge >= 0.3 is 5.97 Å². The number of aromatic nitrogens is 4. The number of primary amides is 1. The number of carboxylic acid groups (broad SMARTS) is 1. The van der Waals surface area contributed by atoms with Crippen molar-refractivity contribution < 1.29 is 29.1 Å². The number of aliphatic carboxylic acids is 1. The highest BCUT2D eigenvalue weighted by Gasteiger charge is 2.31. The van der Waals surface area contributed by atoms with E-state index >= 15 is 0 Å². The van der Waals surface area contributed by atoms with Crippen LogP contribution >= 0.6 is 0 Å². The molecule has 0 aliphatic heterocycles. The molecule has 0 bridgehead atoms. The van der Waals surface area contributed by atoms with Crippen LogP contribution in [0.25, 0.3) is 0 Å². The number of nitrogens with one attached hydrogen (secondary N) is 5. The van der Waals surface area contributed by atoms with E-state index in [-0.39, 0.29) is 19.3 Å². The Kier molecular flexibility index (Phi) is 10.5. The fourth-order valence-corrected chi connectivity index (χ4v) is 3.83. The largest absolute Gasteiger partial charge is 0.480 e. The van der Waals surface area contributed by atoms with E-state index in [1.54, 1.807) is 30.3 Å². The number of aromatic amines is 2. The van der Waals surface area contributed by atoms with Crippen molar-refractivity contribution in [1.29, 1.82) is 0 Å². The lowest BCUT2D eigenvalue weighted by Gasteiger charge is -2.25. The van der Waals surface area contributed by atoms with Crippen LogP contribution in [-0.4, -0.2) is 78.8 Å². The van der Waals surface area contributed by atoms with E-state index in [9.17, 15) is 29.1 Å². The summed E-state index contributed by atoms with van der Waals surface area (Å²) >= 11 is 0. The maximum Gasteiger partial charge on any atom is 0.326 e. The fraction of sp³-hybridized carbons (Fsp3) is 0.320. The number of rotatable bonds is 15. The van der Waals surface area contributed by atoms with Gasteiger partial charge in [0, 0.05) is 43.0 Å². The quantitative estimate of drug-likeness (QED) is 0.102. The van der Waals surface area contributed by atoms with E-state index in [0.29, 0.717) is 17.0 Å². The second kappa shape index (κ2) is 14.2. The fourth-order valence-electron chi connectivity index (χ4n) is 3.83. The molecular weight excluding hydrogens is 522 g/mol. The minimum Gasteiger partial charge on any atom is -0.480 e. The van der Waals surface area contributed by atoms with Crippen molar-refractivity contribution in [2.45, 2.75) is 49.9 Å². The number of amides is 4. The van der Waals surface area contributed by atoms with Crippen LogP contribution in [0.3, 0.4) is 0 Å². The molecule has 2 heterocycles. The van der Waals surface area contributed by atoms with Gasteiger partial charge in [-0.2, -0.15) is 0 Å². The number of H-pyrrole nitrogens is 2. The summed E-state index contributed by atoms with van der Waals surface area (Å²) < 4.78 is 0. The molecule has 0 spiro atoms. The van der Waals surface area contributed by atoms with E-state index in [1.165, 1.54) is 25.0 Å². The van der Waals surface area contributed by atoms with Crippen LogP contribution in [0, 0.1) is 0 Å². The average Bonchev–Trinajstić information content (AvgIpc) is 3.62. The molecule has 15 nitrogen and oxygen atoms in total. The summed E-state index contributed by atoms with van der Waals surface area (Å²) in [5.41, 5.74) is 12.5. The van der Waals surface area contributed by atoms with Crippen molar-refractivity contribution in [2.24, 2.45) is 11.5 Å². The van der Waals surface area contributed by atoms with Gasteiger partial charge in [0.2, 0.25) is 23.6 Å². The number of benzene rings is 1. The third-order valence-corrected chi connectivity index (χ3v) is 5.88. The second-order valence-electron chi connectivity index (χ2n) is 9.05. The molecule has 0 saturated carbocycles. The first-order chi connectivity index (χ1) is 19.1. The van der Waals surface area contributed by atoms with Gasteiger partial charge in [0.1, 0.15) is 18.1 Å². The second-order valence-corrected chi connectivity index (χ2v) is 9.05. The van der Waals surface area contributed by atoms with Gasteiger partial charge in [0.15, 0.2) is 0 Å². The predicted molar refractivity (Wildman–Crippen MR) is 140 cm³/mol. The summed E-state index contributed by atoms with van der Waals surface area (Å²) in [5, 5.41) is 17.3. The standard InChI is InChI=1S/C25H31N9O6/c26-17(9-21(27)35)22(36)32-18(7-15-10-28-12-30-15)23(37)33-19(8-16-11-29-13-31-16)24(38)34-20(25(39)40)6-14-4-2-1-3-5-14/h1-5,10-13,17-20H,6-9,26H2,(H2,27,35)(H,28,30)(H,29,31)(H,32,36)(H,33,37)(H,34,38)(H,39,40). The van der Waals surface area contributed by atoms with Gasteiger partial charge < -0.3 is 42.5 Å². The van der Waals surface area contributed by atoms with E-state index in [1.807, 2.05) is 0 Å². The summed E-state index contributed by atoms with van der Waals surface area (Å²) in [6.45, 7) is 0. The number of carboxylic acids is 1. The molecule has 1 aromatic carbocycles. The summed E-state index contributed by atoms with van der Waals surface area (Å²) in [6, 6.07) is 3.70. The number of carbonyl (C=O) groups is 5. The van der Waals surface area contributed by atoms with Crippen LogP contribution < -0.4 is 27.4 Å². The maximum absolute atomic E-state index is 13.4. The van der Waals surface area contributed by atoms with Crippen molar-refractivity contribution in [2.75, 3.05) is 0 Å². The van der Waals surface area contributed by atoms with E-state index in [0.717, 1.165) is 0 Å². The summed E-state index contributed by atoms with van der Waals surface area (Å²) in [5.74, 6) is -4.37. The molecular formula is C25H31N9O6. The van der Waals surface area contributed by atoms with Gasteiger partial charge in [-0.3, -0.25) is 19.2 Å². The lowest BCUT2D eigenvalue weighted by atomic mass is 10.0. The zero-order valence-electron chi connectivity index (χ0n) is 21.4. The van der Waals surface area contributed by atoms with E-state index in [2.05, 4.69) is 35.9 Å². The Balaban J connectivity index is 1.79. The molecule has 4 unspecified atom stereocenters. The van der Waals surface area contributed by atoms with Crippen molar-refractivity contribution in [3.63, 3.8) is 0 Å². The lowest BCUT2D eigenvalue weighted by Crippen LogP contribution is -2.58. The molecule has 10 N–H and O–H groups in total. The normalized spacial score (nSPS) is 13.8. The molecule has 2 aromatic heterocycles. The highest BCUT2D eigenvalue weighted by molar-refractivity contribution is 5.95. The highest BCUT2D eigenvalue weighted by Crippen LogP contribution is 2.07. The Hall–Kier alpha value is -5.05. The molecule has 40 heavy (non-hydrogen) atoms. The van der Waals surface area contributed by atoms with Gasteiger partial charge in [-0.05, 0) is 5.56 Å². The van der Waals surface area contributed by atoms with Crippen molar-refractivity contribution >= 4 is 29.6 Å². The molecule has 212 valence electrons. The number of nitrogens with zero attached hydrogens (tertiary/aromatic N) is 2. The van der Waals surface area contributed by atoms with Crippen molar-refractivity contribution in [1.82, 2.24) is 35.9 Å². The first kappa shape index (κ1) is 29.5. The van der Waals surface area contributed by atoms with Crippen molar-refractivity contribution in [3.8, 4) is 0 Å². The van der Waals surface area contributed by atoms with Gasteiger partial charge in [-0.1, -0.05) is 30.3 Å². The lowest BCUT2D eigenvalue weighted by molar-refractivity contribution is -0.142. The average molecular weight is 554 g/mol. The zero-order valence-corrected chi connectivity index (χ0v) is 21.4. The molecule has 0 saturated heterocycles. The third-order valence-electron chi connectivity index (χ3n) is 5.88. The Labute approximate surface area is 228 Å². The molecule has 0 aliphatic rings. The number of hydrogen-bond acceptors (Lipinski definition) is 8. The number of carbonyl (C=O) groups excluding carboxylic acids is 4. The van der Waals surface area contributed by atoms with Gasteiger partial charge in [0.25, 0.3) is 0 Å². The Morgan fingerprint density at radius 3 is 1.73 bits per heavy atom. The number of nitrogens with two attached hydrogens (primary N) is 2. The first-order valence-corrected chi connectivity index (χ1v) is 12.3. The van der Waals surface area contributed by atoms with Crippen LogP contribution in [0.5, 0.6) is 0 Å². The SMILES string of the molecule is NC(=O)CC(N)C(=O)NC(Cc1cnc[nH]1)C(=O)NC(Cc1cnc[nH]1)C(=O)NC(Cc1ccccc1)C(=O)O. The minimum absolute atomic E-state index is 0.0168. The molecule has 4 atom stereocenters. The van der Waals surface area contributed by atoms with Crippen LogP contribution in [0.2, 0.25) is 0 Å². The predicted octanol–water partition coefficient (Wildman–Crippen LogP) is -2.10.